The van der Waals surface area contributed by atoms with Gasteiger partial charge in [-0.2, -0.15) is 0 Å². The second-order valence-corrected chi connectivity index (χ2v) is 6.32. The highest BCUT2D eigenvalue weighted by atomic mass is 19.1. The van der Waals surface area contributed by atoms with E-state index < -0.39 is 0 Å². The first-order chi connectivity index (χ1) is 12.2. The van der Waals surface area contributed by atoms with Crippen molar-refractivity contribution in [1.29, 1.82) is 0 Å². The number of nitrogens with zero attached hydrogens (tertiary/aromatic N) is 1. The molecule has 0 unspecified atom stereocenters. The maximum absolute atomic E-state index is 13.6. The number of rotatable bonds is 4. The van der Waals surface area contributed by atoms with Crippen LogP contribution in [-0.2, 0) is 6.54 Å². The Morgan fingerprint density at radius 3 is 2.40 bits per heavy atom. The lowest BCUT2D eigenvalue weighted by Gasteiger charge is -2.25. The van der Waals surface area contributed by atoms with Crippen LogP contribution in [0.25, 0.3) is 0 Å². The molecule has 1 heterocycles. The molecule has 0 radical (unpaired) electrons. The van der Waals surface area contributed by atoms with E-state index in [-0.39, 0.29) is 18.4 Å². The Morgan fingerprint density at radius 2 is 1.64 bits per heavy atom. The van der Waals surface area contributed by atoms with Crippen molar-refractivity contribution in [3.8, 4) is 0 Å². The number of benzene rings is 2. The van der Waals surface area contributed by atoms with Crippen LogP contribution in [0, 0.1) is 5.82 Å². The molecule has 4 nitrogen and oxygen atoms in total. The third-order valence-corrected chi connectivity index (χ3v) is 4.50. The summed E-state index contributed by atoms with van der Waals surface area (Å²) in [4.78, 5) is 14.6. The van der Waals surface area contributed by atoms with Gasteiger partial charge in [0.25, 0.3) is 0 Å². The monoisotopic (exact) mass is 341 g/mol. The molecule has 1 fully saturated rings. The second kappa shape index (κ2) is 8.51. The van der Waals surface area contributed by atoms with Gasteiger partial charge in [0.2, 0.25) is 0 Å². The van der Waals surface area contributed by atoms with Crippen LogP contribution in [0.15, 0.2) is 48.5 Å². The zero-order valence-electron chi connectivity index (χ0n) is 14.3. The van der Waals surface area contributed by atoms with Gasteiger partial charge in [0.05, 0.1) is 11.4 Å². The van der Waals surface area contributed by atoms with E-state index >= 15 is 0 Å². The molecule has 2 aromatic carbocycles. The van der Waals surface area contributed by atoms with E-state index in [2.05, 4.69) is 15.5 Å². The van der Waals surface area contributed by atoms with E-state index in [1.54, 1.807) is 18.2 Å². The third-order valence-electron chi connectivity index (χ3n) is 4.50. The molecule has 2 amide bonds. The number of anilines is 2. The van der Waals surface area contributed by atoms with Gasteiger partial charge in [0, 0.05) is 25.2 Å². The molecular weight excluding hydrogens is 317 g/mol. The van der Waals surface area contributed by atoms with Crippen molar-refractivity contribution in [2.45, 2.75) is 32.2 Å². The molecule has 0 bridgehead atoms. The molecule has 0 aliphatic carbocycles. The summed E-state index contributed by atoms with van der Waals surface area (Å²) in [5.74, 6) is -0.312. The summed E-state index contributed by atoms with van der Waals surface area (Å²) in [5, 5.41) is 5.63. The number of nitrogens with one attached hydrogen (secondary N) is 2. The number of para-hydroxylation sites is 2. The minimum absolute atomic E-state index is 0.157. The first-order valence-corrected chi connectivity index (χ1v) is 8.86. The van der Waals surface area contributed by atoms with Crippen molar-refractivity contribution >= 4 is 17.4 Å². The Bertz CT molecular complexity index is 712. The molecule has 0 spiro atoms. The molecule has 2 aromatic rings. The maximum Gasteiger partial charge on any atom is 0.319 e. The summed E-state index contributed by atoms with van der Waals surface area (Å²) in [5.41, 5.74) is 2.30. The van der Waals surface area contributed by atoms with Gasteiger partial charge in [-0.25, -0.2) is 9.18 Å². The fourth-order valence-corrected chi connectivity index (χ4v) is 3.15. The highest BCUT2D eigenvalue weighted by Crippen LogP contribution is 2.27. The maximum atomic E-state index is 13.6. The Balaban J connectivity index is 1.64. The van der Waals surface area contributed by atoms with Gasteiger partial charge in [-0.05, 0) is 31.0 Å². The summed E-state index contributed by atoms with van der Waals surface area (Å²) in [6.07, 6.45) is 4.87. The Morgan fingerprint density at radius 1 is 0.960 bits per heavy atom. The average molecular weight is 341 g/mol. The number of hydrogen-bond donors (Lipinski definition) is 2. The van der Waals surface area contributed by atoms with E-state index in [0.717, 1.165) is 24.5 Å². The quantitative estimate of drug-likeness (QED) is 0.858. The van der Waals surface area contributed by atoms with E-state index in [4.69, 9.17) is 0 Å². The Hall–Kier alpha value is -2.56. The van der Waals surface area contributed by atoms with E-state index in [0.29, 0.717) is 5.56 Å². The number of carbonyl (C=O) groups is 1. The molecule has 0 aromatic heterocycles. The summed E-state index contributed by atoms with van der Waals surface area (Å²) in [6, 6.07) is 14.0. The van der Waals surface area contributed by atoms with Crippen LogP contribution in [0.4, 0.5) is 20.6 Å². The van der Waals surface area contributed by atoms with E-state index in [9.17, 15) is 9.18 Å². The van der Waals surface area contributed by atoms with Crippen LogP contribution in [0.3, 0.4) is 0 Å². The van der Waals surface area contributed by atoms with Gasteiger partial charge in [-0.1, -0.05) is 43.2 Å². The molecule has 1 aliphatic heterocycles. The molecule has 132 valence electrons. The number of hydrogen-bond acceptors (Lipinski definition) is 2. The molecular formula is C20H24FN3O. The number of amides is 2. The number of carbonyl (C=O) groups excluding carboxylic acids is 1. The van der Waals surface area contributed by atoms with Crippen molar-refractivity contribution < 1.29 is 9.18 Å². The lowest BCUT2D eigenvalue weighted by Crippen LogP contribution is -2.30. The van der Waals surface area contributed by atoms with Gasteiger partial charge in [0.15, 0.2) is 0 Å². The third kappa shape index (κ3) is 4.72. The van der Waals surface area contributed by atoms with E-state index in [1.165, 1.54) is 31.7 Å². The normalized spacial score (nSPS) is 14.7. The molecule has 2 N–H and O–H groups in total. The predicted molar refractivity (Wildman–Crippen MR) is 99.4 cm³/mol. The van der Waals surface area contributed by atoms with Gasteiger partial charge in [0.1, 0.15) is 5.82 Å². The van der Waals surface area contributed by atoms with Crippen molar-refractivity contribution in [2.75, 3.05) is 23.3 Å². The van der Waals surface area contributed by atoms with Gasteiger partial charge in [-0.3, -0.25) is 0 Å². The minimum atomic E-state index is -0.328. The Labute approximate surface area is 148 Å². The average Bonchev–Trinajstić information content (AvgIpc) is 2.91. The molecule has 0 atom stereocenters. The van der Waals surface area contributed by atoms with Crippen molar-refractivity contribution in [3.05, 3.63) is 59.9 Å². The standard InChI is InChI=1S/C20H24FN3O/c21-17-10-4-3-9-16(17)15-22-20(25)23-18-11-5-6-12-19(18)24-13-7-1-2-8-14-24/h3-6,9-12H,1-2,7-8,13-15H2,(H2,22,23,25). The molecule has 1 saturated heterocycles. The summed E-state index contributed by atoms with van der Waals surface area (Å²) >= 11 is 0. The van der Waals surface area contributed by atoms with Crippen LogP contribution >= 0.6 is 0 Å². The van der Waals surface area contributed by atoms with Crippen LogP contribution in [0.2, 0.25) is 0 Å². The van der Waals surface area contributed by atoms with Crippen molar-refractivity contribution in [1.82, 2.24) is 5.32 Å². The first kappa shape index (κ1) is 17.3. The summed E-state index contributed by atoms with van der Waals surface area (Å²) in [6.45, 7) is 2.18. The summed E-state index contributed by atoms with van der Waals surface area (Å²) in [7, 11) is 0. The Kier molecular flexibility index (Phi) is 5.88. The molecule has 3 rings (SSSR count). The molecule has 5 heteroatoms. The fourth-order valence-electron chi connectivity index (χ4n) is 3.15. The van der Waals surface area contributed by atoms with Crippen LogP contribution in [-0.4, -0.2) is 19.1 Å². The SMILES string of the molecule is O=C(NCc1ccccc1F)Nc1ccccc1N1CCCCCC1. The van der Waals surface area contributed by atoms with Gasteiger partial charge < -0.3 is 15.5 Å². The van der Waals surface area contributed by atoms with Crippen LogP contribution < -0.4 is 15.5 Å². The number of halogens is 1. The smallest absolute Gasteiger partial charge is 0.319 e. The second-order valence-electron chi connectivity index (χ2n) is 6.32. The highest BCUT2D eigenvalue weighted by Gasteiger charge is 2.14. The van der Waals surface area contributed by atoms with Crippen molar-refractivity contribution in [3.63, 3.8) is 0 Å². The topological polar surface area (TPSA) is 44.4 Å². The van der Waals surface area contributed by atoms with Crippen molar-refractivity contribution in [2.24, 2.45) is 0 Å². The first-order valence-electron chi connectivity index (χ1n) is 8.86. The van der Waals surface area contributed by atoms with Gasteiger partial charge >= 0.3 is 6.03 Å². The predicted octanol–water partition coefficient (Wildman–Crippen LogP) is 4.53. The molecule has 25 heavy (non-hydrogen) atoms. The lowest BCUT2D eigenvalue weighted by molar-refractivity contribution is 0.251. The van der Waals surface area contributed by atoms with E-state index in [1.807, 2.05) is 24.3 Å². The number of urea groups is 1. The molecule has 1 aliphatic rings. The largest absolute Gasteiger partial charge is 0.370 e. The van der Waals surface area contributed by atoms with Gasteiger partial charge in [-0.15, -0.1) is 0 Å². The summed E-state index contributed by atoms with van der Waals surface area (Å²) < 4.78 is 13.6. The molecule has 0 saturated carbocycles. The highest BCUT2D eigenvalue weighted by molar-refractivity contribution is 5.93. The zero-order chi connectivity index (χ0) is 17.5. The van der Waals surface area contributed by atoms with Crippen LogP contribution in [0.5, 0.6) is 0 Å². The fraction of sp³-hybridized carbons (Fsp3) is 0.350. The van der Waals surface area contributed by atoms with Crippen LogP contribution in [0.1, 0.15) is 31.2 Å². The lowest BCUT2D eigenvalue weighted by atomic mass is 10.2. The minimum Gasteiger partial charge on any atom is -0.370 e. The zero-order valence-corrected chi connectivity index (χ0v) is 14.3.